The largest absolute Gasteiger partial charge is 0.326 e. The summed E-state index contributed by atoms with van der Waals surface area (Å²) in [4.78, 5) is 2.15. The Morgan fingerprint density at radius 3 is 2.47 bits per heavy atom. The summed E-state index contributed by atoms with van der Waals surface area (Å²) in [6.07, 6.45) is 0. The summed E-state index contributed by atoms with van der Waals surface area (Å²) in [5.74, 6) is -0.237. The van der Waals surface area contributed by atoms with Gasteiger partial charge >= 0.3 is 0 Å². The fourth-order valence-corrected chi connectivity index (χ4v) is 2.48. The Morgan fingerprint density at radius 2 is 1.82 bits per heavy atom. The second-order valence-electron chi connectivity index (χ2n) is 3.87. The molecule has 0 atom stereocenters. The Hall–Kier alpha value is -1.32. The van der Waals surface area contributed by atoms with Gasteiger partial charge in [0.05, 0.1) is 0 Å². The molecule has 2 rings (SSSR count). The van der Waals surface area contributed by atoms with Gasteiger partial charge in [0.15, 0.2) is 0 Å². The van der Waals surface area contributed by atoms with E-state index in [9.17, 15) is 4.39 Å². The molecule has 2 N–H and O–H groups in total. The van der Waals surface area contributed by atoms with Crippen molar-refractivity contribution < 1.29 is 4.39 Å². The van der Waals surface area contributed by atoms with Gasteiger partial charge in [-0.3, -0.25) is 0 Å². The van der Waals surface area contributed by atoms with E-state index >= 15 is 0 Å². The minimum atomic E-state index is -0.237. The van der Waals surface area contributed by atoms with E-state index in [0.717, 1.165) is 15.4 Å². The van der Waals surface area contributed by atoms with Crippen LogP contribution in [-0.2, 0) is 6.54 Å². The van der Waals surface area contributed by atoms with Crippen LogP contribution in [0.25, 0.3) is 0 Å². The number of halogens is 1. The van der Waals surface area contributed by atoms with Gasteiger partial charge in [-0.05, 0) is 42.8 Å². The summed E-state index contributed by atoms with van der Waals surface area (Å²) in [5, 5.41) is 0. The van der Waals surface area contributed by atoms with Gasteiger partial charge in [0, 0.05) is 16.3 Å². The lowest BCUT2D eigenvalue weighted by Crippen LogP contribution is -1.98. The minimum Gasteiger partial charge on any atom is -0.326 e. The van der Waals surface area contributed by atoms with E-state index in [1.807, 2.05) is 0 Å². The van der Waals surface area contributed by atoms with Crippen LogP contribution >= 0.6 is 11.8 Å². The first-order valence-corrected chi connectivity index (χ1v) is 6.23. The van der Waals surface area contributed by atoms with Crippen molar-refractivity contribution in [1.29, 1.82) is 0 Å². The number of rotatable bonds is 3. The zero-order chi connectivity index (χ0) is 12.3. The molecule has 2 aromatic rings. The molecule has 0 spiro atoms. The van der Waals surface area contributed by atoms with E-state index in [-0.39, 0.29) is 5.82 Å². The van der Waals surface area contributed by atoms with Crippen molar-refractivity contribution in [3.63, 3.8) is 0 Å². The predicted molar refractivity (Wildman–Crippen MR) is 69.6 cm³/mol. The molecular formula is C14H14FNS. The van der Waals surface area contributed by atoms with Crippen molar-refractivity contribution in [3.05, 3.63) is 59.4 Å². The third kappa shape index (κ3) is 3.08. The zero-order valence-electron chi connectivity index (χ0n) is 9.61. The lowest BCUT2D eigenvalue weighted by Gasteiger charge is -2.07. The Labute approximate surface area is 105 Å². The first kappa shape index (κ1) is 12.1. The van der Waals surface area contributed by atoms with Crippen LogP contribution in [0.5, 0.6) is 0 Å². The molecule has 0 saturated carbocycles. The van der Waals surface area contributed by atoms with E-state index in [1.165, 1.54) is 17.7 Å². The maximum absolute atomic E-state index is 13.1. The quantitative estimate of drug-likeness (QED) is 0.894. The smallest absolute Gasteiger partial charge is 0.123 e. The minimum absolute atomic E-state index is 0.237. The van der Waals surface area contributed by atoms with Crippen molar-refractivity contribution in [2.75, 3.05) is 0 Å². The third-order valence-electron chi connectivity index (χ3n) is 2.49. The molecule has 88 valence electrons. The van der Waals surface area contributed by atoms with E-state index < -0.39 is 0 Å². The second kappa shape index (κ2) is 5.34. The maximum Gasteiger partial charge on any atom is 0.123 e. The van der Waals surface area contributed by atoms with Crippen LogP contribution < -0.4 is 5.73 Å². The highest BCUT2D eigenvalue weighted by Crippen LogP contribution is 2.30. The van der Waals surface area contributed by atoms with Gasteiger partial charge in [-0.15, -0.1) is 0 Å². The van der Waals surface area contributed by atoms with Crippen molar-refractivity contribution >= 4 is 11.8 Å². The SMILES string of the molecule is Cc1ccc(Sc2ccc(F)cc2CN)cc1. The Morgan fingerprint density at radius 1 is 1.12 bits per heavy atom. The standard InChI is InChI=1S/C14H14FNS/c1-10-2-5-13(6-3-10)17-14-7-4-12(15)8-11(14)9-16/h2-8H,9,16H2,1H3. The van der Waals surface area contributed by atoms with Gasteiger partial charge in [-0.25, -0.2) is 4.39 Å². The molecule has 0 aliphatic carbocycles. The number of aryl methyl sites for hydroxylation is 1. The molecule has 0 radical (unpaired) electrons. The highest BCUT2D eigenvalue weighted by atomic mass is 32.2. The third-order valence-corrected chi connectivity index (χ3v) is 3.62. The van der Waals surface area contributed by atoms with Crippen LogP contribution in [0.15, 0.2) is 52.3 Å². The van der Waals surface area contributed by atoms with Gasteiger partial charge in [-0.2, -0.15) is 0 Å². The Balaban J connectivity index is 2.26. The Bertz CT molecular complexity index is 508. The summed E-state index contributed by atoms with van der Waals surface area (Å²) in [6, 6.07) is 13.0. The lowest BCUT2D eigenvalue weighted by atomic mass is 10.2. The average molecular weight is 247 g/mol. The van der Waals surface area contributed by atoms with E-state index in [1.54, 1.807) is 17.8 Å². The molecular weight excluding hydrogens is 233 g/mol. The maximum atomic E-state index is 13.1. The monoisotopic (exact) mass is 247 g/mol. The van der Waals surface area contributed by atoms with Crippen molar-refractivity contribution in [2.45, 2.75) is 23.3 Å². The second-order valence-corrected chi connectivity index (χ2v) is 4.99. The highest BCUT2D eigenvalue weighted by molar-refractivity contribution is 7.99. The fraction of sp³-hybridized carbons (Fsp3) is 0.143. The fourth-order valence-electron chi connectivity index (χ4n) is 1.54. The number of nitrogens with two attached hydrogens (primary N) is 1. The van der Waals surface area contributed by atoms with Gasteiger partial charge < -0.3 is 5.73 Å². The van der Waals surface area contributed by atoms with Crippen LogP contribution in [0.3, 0.4) is 0 Å². The molecule has 0 heterocycles. The lowest BCUT2D eigenvalue weighted by molar-refractivity contribution is 0.623. The summed E-state index contributed by atoms with van der Waals surface area (Å²) in [7, 11) is 0. The van der Waals surface area contributed by atoms with Crippen molar-refractivity contribution in [2.24, 2.45) is 5.73 Å². The zero-order valence-corrected chi connectivity index (χ0v) is 10.4. The molecule has 0 saturated heterocycles. The first-order chi connectivity index (χ1) is 8.19. The molecule has 0 aromatic heterocycles. The van der Waals surface area contributed by atoms with Crippen LogP contribution in [-0.4, -0.2) is 0 Å². The van der Waals surface area contributed by atoms with E-state index in [4.69, 9.17) is 5.73 Å². The molecule has 2 aromatic carbocycles. The number of hydrogen-bond acceptors (Lipinski definition) is 2. The molecule has 0 amide bonds. The van der Waals surface area contributed by atoms with E-state index in [0.29, 0.717) is 6.54 Å². The molecule has 17 heavy (non-hydrogen) atoms. The Kier molecular flexibility index (Phi) is 3.82. The van der Waals surface area contributed by atoms with Gasteiger partial charge in [0.2, 0.25) is 0 Å². The summed E-state index contributed by atoms with van der Waals surface area (Å²) in [6.45, 7) is 2.41. The molecule has 0 aliphatic rings. The summed E-state index contributed by atoms with van der Waals surface area (Å²) < 4.78 is 13.1. The highest BCUT2D eigenvalue weighted by Gasteiger charge is 2.04. The summed E-state index contributed by atoms with van der Waals surface area (Å²) in [5.41, 5.74) is 7.69. The van der Waals surface area contributed by atoms with Gasteiger partial charge in [0.25, 0.3) is 0 Å². The molecule has 1 nitrogen and oxygen atoms in total. The summed E-state index contributed by atoms with van der Waals surface area (Å²) >= 11 is 1.61. The van der Waals surface area contributed by atoms with Crippen LogP contribution in [0, 0.1) is 12.7 Å². The first-order valence-electron chi connectivity index (χ1n) is 5.42. The molecule has 3 heteroatoms. The molecule has 0 aliphatic heterocycles. The number of benzene rings is 2. The predicted octanol–water partition coefficient (Wildman–Crippen LogP) is 3.74. The van der Waals surface area contributed by atoms with Gasteiger partial charge in [0.1, 0.15) is 5.82 Å². The van der Waals surface area contributed by atoms with Crippen LogP contribution in [0.2, 0.25) is 0 Å². The van der Waals surface area contributed by atoms with Crippen molar-refractivity contribution in [1.82, 2.24) is 0 Å². The van der Waals surface area contributed by atoms with Crippen LogP contribution in [0.4, 0.5) is 4.39 Å². The average Bonchev–Trinajstić information content (AvgIpc) is 2.34. The topological polar surface area (TPSA) is 26.0 Å². The van der Waals surface area contributed by atoms with Gasteiger partial charge in [-0.1, -0.05) is 29.5 Å². The normalized spacial score (nSPS) is 10.5. The molecule has 0 bridgehead atoms. The van der Waals surface area contributed by atoms with Crippen LogP contribution in [0.1, 0.15) is 11.1 Å². The van der Waals surface area contributed by atoms with Crippen molar-refractivity contribution in [3.8, 4) is 0 Å². The molecule has 0 unspecified atom stereocenters. The van der Waals surface area contributed by atoms with E-state index in [2.05, 4.69) is 31.2 Å². The molecule has 0 fully saturated rings. The number of hydrogen-bond donors (Lipinski definition) is 1.